The first-order valence-corrected chi connectivity index (χ1v) is 11.1. The van der Waals surface area contributed by atoms with Gasteiger partial charge in [0.1, 0.15) is 23.2 Å². The van der Waals surface area contributed by atoms with Crippen molar-refractivity contribution in [2.24, 2.45) is 7.05 Å². The van der Waals surface area contributed by atoms with Gasteiger partial charge in [-0.3, -0.25) is 14.2 Å². The molecule has 1 heterocycles. The minimum atomic E-state index is -1.46. The number of carbonyl (C=O) groups excluding carboxylic acids is 1. The molecule has 0 fully saturated rings. The summed E-state index contributed by atoms with van der Waals surface area (Å²) in [6.07, 6.45) is 3.06. The van der Waals surface area contributed by atoms with E-state index in [9.17, 15) is 33.1 Å². The zero-order valence-electron chi connectivity index (χ0n) is 18.8. The molecule has 10 heteroatoms. The summed E-state index contributed by atoms with van der Waals surface area (Å²) in [6.45, 7) is 0. The molecule has 8 nitrogen and oxygen atoms in total. The van der Waals surface area contributed by atoms with E-state index in [4.69, 9.17) is 0 Å². The summed E-state index contributed by atoms with van der Waals surface area (Å²) < 4.78 is 30.5. The van der Waals surface area contributed by atoms with Gasteiger partial charge in [-0.1, -0.05) is 24.3 Å². The monoisotopic (exact) mass is 483 g/mol. The molecule has 0 saturated carbocycles. The Morgan fingerprint density at radius 3 is 2.49 bits per heavy atom. The van der Waals surface area contributed by atoms with Gasteiger partial charge in [0.25, 0.3) is 11.5 Å². The molecular formula is C25H23F2N3O5. The summed E-state index contributed by atoms with van der Waals surface area (Å²) in [6, 6.07) is 7.48. The Labute approximate surface area is 198 Å². The fourth-order valence-corrected chi connectivity index (χ4v) is 4.59. The van der Waals surface area contributed by atoms with Crippen LogP contribution in [0.3, 0.4) is 0 Å². The highest BCUT2D eigenvalue weighted by atomic mass is 19.1. The number of aromatic nitrogens is 2. The van der Waals surface area contributed by atoms with Crippen LogP contribution in [0.1, 0.15) is 45.9 Å². The van der Waals surface area contributed by atoms with Gasteiger partial charge in [-0.05, 0) is 48.1 Å². The van der Waals surface area contributed by atoms with Gasteiger partial charge < -0.3 is 15.0 Å². The molecule has 1 aliphatic carbocycles. The zero-order valence-corrected chi connectivity index (χ0v) is 18.8. The Morgan fingerprint density at radius 2 is 1.80 bits per heavy atom. The van der Waals surface area contributed by atoms with Crippen LogP contribution in [-0.4, -0.2) is 32.2 Å². The number of aliphatic carboxylic acids is 1. The van der Waals surface area contributed by atoms with Crippen molar-refractivity contribution in [3.63, 3.8) is 0 Å². The van der Waals surface area contributed by atoms with Crippen molar-refractivity contribution < 1.29 is 23.5 Å². The minimum Gasteiger partial charge on any atom is -0.480 e. The fourth-order valence-electron chi connectivity index (χ4n) is 4.59. The summed E-state index contributed by atoms with van der Waals surface area (Å²) in [5, 5.41) is 11.9. The normalized spacial score (nSPS) is 15.8. The van der Waals surface area contributed by atoms with E-state index >= 15 is 0 Å². The van der Waals surface area contributed by atoms with Crippen molar-refractivity contribution >= 4 is 11.9 Å². The molecule has 4 rings (SSSR count). The second kappa shape index (κ2) is 9.65. The fraction of sp³-hybridized carbons (Fsp3) is 0.280. The molecule has 0 radical (unpaired) electrons. The van der Waals surface area contributed by atoms with E-state index in [1.165, 1.54) is 21.4 Å². The van der Waals surface area contributed by atoms with E-state index < -0.39 is 52.4 Å². The number of hydrogen-bond donors (Lipinski definition) is 2. The Balaban J connectivity index is 1.68. The van der Waals surface area contributed by atoms with Gasteiger partial charge in [-0.2, -0.15) is 0 Å². The molecule has 0 unspecified atom stereocenters. The Hall–Kier alpha value is -4.08. The van der Waals surface area contributed by atoms with Crippen molar-refractivity contribution in [3.05, 3.63) is 103 Å². The number of aryl methyl sites for hydroxylation is 1. The van der Waals surface area contributed by atoms with Gasteiger partial charge in [0, 0.05) is 25.7 Å². The van der Waals surface area contributed by atoms with Crippen LogP contribution in [0.5, 0.6) is 0 Å². The largest absolute Gasteiger partial charge is 0.480 e. The van der Waals surface area contributed by atoms with E-state index in [1.54, 1.807) is 25.2 Å². The molecule has 0 aliphatic heterocycles. The molecule has 1 amide bonds. The second-order valence-corrected chi connectivity index (χ2v) is 8.48. The van der Waals surface area contributed by atoms with Crippen LogP contribution in [0.4, 0.5) is 8.78 Å². The molecule has 2 aromatic carbocycles. The lowest BCUT2D eigenvalue weighted by molar-refractivity contribution is -0.139. The van der Waals surface area contributed by atoms with E-state index in [0.717, 1.165) is 29.3 Å². The Bertz CT molecular complexity index is 1410. The average Bonchev–Trinajstić information content (AvgIpc) is 2.81. The van der Waals surface area contributed by atoms with Gasteiger partial charge >= 0.3 is 11.7 Å². The summed E-state index contributed by atoms with van der Waals surface area (Å²) in [5.74, 6) is -4.73. The number of rotatable bonds is 6. The number of nitrogens with one attached hydrogen (secondary N) is 1. The van der Waals surface area contributed by atoms with Crippen LogP contribution < -0.4 is 16.6 Å². The van der Waals surface area contributed by atoms with Crippen molar-refractivity contribution in [1.82, 2.24) is 14.5 Å². The van der Waals surface area contributed by atoms with E-state index in [-0.39, 0.29) is 6.42 Å². The minimum absolute atomic E-state index is 0.144. The van der Waals surface area contributed by atoms with E-state index in [1.807, 2.05) is 0 Å². The van der Waals surface area contributed by atoms with Crippen LogP contribution in [0.15, 0.2) is 58.3 Å². The topological polar surface area (TPSA) is 110 Å². The SMILES string of the molecule is Cn1ccc(=O)n([C@H]2CCCc3c(C[C@H](NC(=O)c4c(F)cccc4F)C(=O)O)cccc32)c1=O. The van der Waals surface area contributed by atoms with Crippen molar-refractivity contribution in [3.8, 4) is 0 Å². The molecule has 3 aromatic rings. The number of nitrogens with zero attached hydrogens (tertiary/aromatic N) is 2. The number of carboxylic acids is 1. The summed E-state index contributed by atoms with van der Waals surface area (Å²) >= 11 is 0. The first-order valence-electron chi connectivity index (χ1n) is 11.1. The van der Waals surface area contributed by atoms with Gasteiger partial charge in [0.05, 0.1) is 6.04 Å². The van der Waals surface area contributed by atoms with E-state index in [2.05, 4.69) is 5.32 Å². The molecule has 182 valence electrons. The number of carboxylic acid groups (broad SMARTS) is 1. The first kappa shape index (κ1) is 24.1. The molecule has 0 bridgehead atoms. The van der Waals surface area contributed by atoms with Crippen molar-refractivity contribution in [2.45, 2.75) is 37.8 Å². The summed E-state index contributed by atoms with van der Waals surface area (Å²) in [7, 11) is 1.55. The maximum Gasteiger partial charge on any atom is 0.331 e. The third kappa shape index (κ3) is 4.64. The molecule has 2 N–H and O–H groups in total. The third-order valence-electron chi connectivity index (χ3n) is 6.29. The number of fused-ring (bicyclic) bond motifs is 1. The smallest absolute Gasteiger partial charge is 0.331 e. The standard InChI is InChI=1S/C25H23F2N3O5/c1-29-12-11-21(31)30(25(29)35)20-10-3-6-15-14(5-2-7-16(15)20)13-19(24(33)34)28-23(32)22-17(26)8-4-9-18(22)27/h2,4-5,7-9,11-12,19-20H,3,6,10,13H2,1H3,(H,28,32)(H,33,34)/t19-,20-/m0/s1. The van der Waals surface area contributed by atoms with Crippen molar-refractivity contribution in [2.75, 3.05) is 0 Å². The van der Waals surface area contributed by atoms with Crippen LogP contribution >= 0.6 is 0 Å². The lowest BCUT2D eigenvalue weighted by Gasteiger charge is -2.29. The highest BCUT2D eigenvalue weighted by Crippen LogP contribution is 2.33. The summed E-state index contributed by atoms with van der Waals surface area (Å²) in [5.41, 5.74) is 0.388. The quantitative estimate of drug-likeness (QED) is 0.559. The van der Waals surface area contributed by atoms with Crippen LogP contribution in [0.2, 0.25) is 0 Å². The molecule has 1 aromatic heterocycles. The third-order valence-corrected chi connectivity index (χ3v) is 6.29. The van der Waals surface area contributed by atoms with Gasteiger partial charge in [-0.25, -0.2) is 18.4 Å². The van der Waals surface area contributed by atoms with Crippen LogP contribution in [-0.2, 0) is 24.7 Å². The van der Waals surface area contributed by atoms with Crippen LogP contribution in [0.25, 0.3) is 0 Å². The molecular weight excluding hydrogens is 460 g/mol. The number of carbonyl (C=O) groups is 2. The Kier molecular flexibility index (Phi) is 6.63. The van der Waals surface area contributed by atoms with Gasteiger partial charge in [-0.15, -0.1) is 0 Å². The predicted octanol–water partition coefficient (Wildman–Crippen LogP) is 2.18. The zero-order chi connectivity index (χ0) is 25.3. The highest BCUT2D eigenvalue weighted by molar-refractivity contribution is 5.97. The highest BCUT2D eigenvalue weighted by Gasteiger charge is 2.29. The lowest BCUT2D eigenvalue weighted by atomic mass is 9.83. The molecule has 0 spiro atoms. The van der Waals surface area contributed by atoms with Gasteiger partial charge in [0.15, 0.2) is 0 Å². The maximum absolute atomic E-state index is 14.0. The molecule has 0 saturated heterocycles. The predicted molar refractivity (Wildman–Crippen MR) is 122 cm³/mol. The first-order chi connectivity index (χ1) is 16.7. The van der Waals surface area contributed by atoms with Crippen molar-refractivity contribution in [1.29, 1.82) is 0 Å². The number of hydrogen-bond acceptors (Lipinski definition) is 4. The Morgan fingerprint density at radius 1 is 1.11 bits per heavy atom. The lowest BCUT2D eigenvalue weighted by Crippen LogP contribution is -2.43. The average molecular weight is 483 g/mol. The number of halogens is 2. The number of amides is 1. The number of benzene rings is 2. The molecule has 1 aliphatic rings. The summed E-state index contributed by atoms with van der Waals surface area (Å²) in [4.78, 5) is 49.7. The van der Waals surface area contributed by atoms with E-state index in [0.29, 0.717) is 24.8 Å². The van der Waals surface area contributed by atoms with Crippen LogP contribution in [0, 0.1) is 11.6 Å². The van der Waals surface area contributed by atoms with Gasteiger partial charge in [0.2, 0.25) is 0 Å². The maximum atomic E-state index is 14.0. The molecule has 2 atom stereocenters. The molecule has 35 heavy (non-hydrogen) atoms. The second-order valence-electron chi connectivity index (χ2n) is 8.48.